The molecule has 120 valence electrons. The maximum Gasteiger partial charge on any atom is 0.417 e. The molecule has 2 aliphatic heterocycles. The molecule has 2 aromatic rings. The van der Waals surface area contributed by atoms with Gasteiger partial charge in [-0.1, -0.05) is 24.3 Å². The summed E-state index contributed by atoms with van der Waals surface area (Å²) in [5.74, 6) is 0.889. The van der Waals surface area contributed by atoms with E-state index in [-0.39, 0.29) is 5.56 Å². The van der Waals surface area contributed by atoms with Crippen molar-refractivity contribution in [2.75, 3.05) is 25.0 Å². The van der Waals surface area contributed by atoms with Crippen molar-refractivity contribution in [1.29, 1.82) is 0 Å². The van der Waals surface area contributed by atoms with Crippen LogP contribution in [0.3, 0.4) is 0 Å². The number of anilines is 1. The summed E-state index contributed by atoms with van der Waals surface area (Å²) in [6.07, 6.45) is -4.35. The molecular weight excluding hydrogens is 301 g/mol. The van der Waals surface area contributed by atoms with E-state index < -0.39 is 11.7 Å². The number of nitrogens with one attached hydrogen (secondary N) is 2. The van der Waals surface area contributed by atoms with Crippen LogP contribution in [0.5, 0.6) is 0 Å². The molecule has 0 radical (unpaired) electrons. The van der Waals surface area contributed by atoms with Gasteiger partial charge in [0.1, 0.15) is 0 Å². The fourth-order valence-electron chi connectivity index (χ4n) is 3.73. The van der Waals surface area contributed by atoms with Crippen LogP contribution >= 0.6 is 0 Å². The van der Waals surface area contributed by atoms with Gasteiger partial charge in [0.2, 0.25) is 0 Å². The van der Waals surface area contributed by atoms with Crippen molar-refractivity contribution < 1.29 is 13.2 Å². The van der Waals surface area contributed by atoms with Crippen LogP contribution in [0.4, 0.5) is 18.9 Å². The van der Waals surface area contributed by atoms with Gasteiger partial charge in [-0.15, -0.1) is 0 Å². The van der Waals surface area contributed by atoms with E-state index in [1.807, 2.05) is 12.1 Å². The second-order valence-corrected chi connectivity index (χ2v) is 6.25. The van der Waals surface area contributed by atoms with E-state index in [4.69, 9.17) is 0 Å². The Balaban J connectivity index is 1.82. The topological polar surface area (TPSA) is 24.1 Å². The molecule has 0 aromatic heterocycles. The van der Waals surface area contributed by atoms with E-state index in [1.165, 1.54) is 6.07 Å². The zero-order valence-corrected chi connectivity index (χ0v) is 12.5. The Labute approximate surface area is 132 Å². The number of hydrogen-bond acceptors (Lipinski definition) is 2. The smallest absolute Gasteiger partial charge is 0.384 e. The highest BCUT2D eigenvalue weighted by atomic mass is 19.4. The Morgan fingerprint density at radius 2 is 1.78 bits per heavy atom. The summed E-state index contributed by atoms with van der Waals surface area (Å²) >= 11 is 0. The van der Waals surface area contributed by atoms with Gasteiger partial charge in [-0.25, -0.2) is 0 Å². The summed E-state index contributed by atoms with van der Waals surface area (Å²) in [5, 5.41) is 6.78. The first kappa shape index (κ1) is 14.6. The number of hydrogen-bond donors (Lipinski definition) is 2. The zero-order chi connectivity index (χ0) is 16.0. The lowest BCUT2D eigenvalue weighted by molar-refractivity contribution is -0.137. The molecule has 2 nitrogen and oxygen atoms in total. The van der Waals surface area contributed by atoms with E-state index in [1.54, 1.807) is 18.2 Å². The fourth-order valence-corrected chi connectivity index (χ4v) is 3.73. The van der Waals surface area contributed by atoms with Gasteiger partial charge in [0.05, 0.1) is 5.56 Å². The minimum atomic E-state index is -4.35. The van der Waals surface area contributed by atoms with E-state index in [0.29, 0.717) is 17.4 Å². The number of rotatable bonds is 1. The lowest BCUT2D eigenvalue weighted by Gasteiger charge is -2.29. The van der Waals surface area contributed by atoms with Crippen molar-refractivity contribution >= 4 is 5.69 Å². The SMILES string of the molecule is FC(F)(F)c1ccccc1-c1ccc2c(c1)C1CNCC1CN2. The van der Waals surface area contributed by atoms with Crippen LogP contribution in [0.1, 0.15) is 17.0 Å². The van der Waals surface area contributed by atoms with Crippen LogP contribution < -0.4 is 10.6 Å². The van der Waals surface area contributed by atoms with Crippen LogP contribution in [-0.2, 0) is 6.18 Å². The molecule has 0 spiro atoms. The molecule has 2 unspecified atom stereocenters. The number of benzene rings is 2. The molecule has 0 amide bonds. The molecule has 1 fully saturated rings. The van der Waals surface area contributed by atoms with Crippen molar-refractivity contribution in [2.45, 2.75) is 12.1 Å². The van der Waals surface area contributed by atoms with E-state index in [9.17, 15) is 13.2 Å². The molecule has 0 aliphatic carbocycles. The van der Waals surface area contributed by atoms with Crippen molar-refractivity contribution in [1.82, 2.24) is 5.32 Å². The average molecular weight is 318 g/mol. The Kier molecular flexibility index (Phi) is 3.34. The Hall–Kier alpha value is -2.01. The molecule has 2 heterocycles. The van der Waals surface area contributed by atoms with E-state index in [0.717, 1.165) is 37.0 Å². The summed E-state index contributed by atoms with van der Waals surface area (Å²) in [4.78, 5) is 0. The van der Waals surface area contributed by atoms with Gasteiger partial charge in [0.25, 0.3) is 0 Å². The third-order valence-corrected chi connectivity index (χ3v) is 4.89. The molecule has 2 aliphatic rings. The predicted octanol–water partition coefficient (Wildman–Crippen LogP) is 4.10. The quantitative estimate of drug-likeness (QED) is 0.827. The molecule has 23 heavy (non-hydrogen) atoms. The first-order valence-electron chi connectivity index (χ1n) is 7.79. The van der Waals surface area contributed by atoms with Gasteiger partial charge in [0, 0.05) is 31.2 Å². The zero-order valence-electron chi connectivity index (χ0n) is 12.5. The van der Waals surface area contributed by atoms with Crippen LogP contribution in [0.15, 0.2) is 42.5 Å². The Morgan fingerprint density at radius 1 is 0.957 bits per heavy atom. The van der Waals surface area contributed by atoms with Gasteiger partial charge in [-0.3, -0.25) is 0 Å². The highest BCUT2D eigenvalue weighted by molar-refractivity contribution is 5.73. The van der Waals surface area contributed by atoms with Crippen LogP contribution in [0, 0.1) is 5.92 Å². The minimum absolute atomic E-state index is 0.246. The van der Waals surface area contributed by atoms with Gasteiger partial charge in [-0.2, -0.15) is 13.2 Å². The summed E-state index contributed by atoms with van der Waals surface area (Å²) < 4.78 is 39.8. The molecule has 2 N–H and O–H groups in total. The molecule has 2 aromatic carbocycles. The highest BCUT2D eigenvalue weighted by Gasteiger charge is 2.35. The van der Waals surface area contributed by atoms with Crippen molar-refractivity contribution in [3.63, 3.8) is 0 Å². The minimum Gasteiger partial charge on any atom is -0.384 e. The molecule has 0 saturated carbocycles. The second-order valence-electron chi connectivity index (χ2n) is 6.25. The molecule has 2 atom stereocenters. The van der Waals surface area contributed by atoms with Gasteiger partial charge >= 0.3 is 6.18 Å². The Bertz CT molecular complexity index is 739. The van der Waals surface area contributed by atoms with Crippen LogP contribution in [0.25, 0.3) is 11.1 Å². The predicted molar refractivity (Wildman–Crippen MR) is 84.5 cm³/mol. The number of alkyl halides is 3. The summed E-state index contributed by atoms with van der Waals surface area (Å²) in [7, 11) is 0. The van der Waals surface area contributed by atoms with E-state index in [2.05, 4.69) is 10.6 Å². The average Bonchev–Trinajstić information content (AvgIpc) is 3.02. The largest absolute Gasteiger partial charge is 0.417 e. The summed E-state index contributed by atoms with van der Waals surface area (Å²) in [6.45, 7) is 2.77. The molecular formula is C18H17F3N2. The highest BCUT2D eigenvalue weighted by Crippen LogP contribution is 2.42. The fraction of sp³-hybridized carbons (Fsp3) is 0.333. The van der Waals surface area contributed by atoms with Crippen molar-refractivity contribution in [3.8, 4) is 11.1 Å². The normalized spacial score (nSPS) is 23.1. The molecule has 1 saturated heterocycles. The molecule has 4 rings (SSSR count). The number of halogens is 3. The van der Waals surface area contributed by atoms with E-state index >= 15 is 0 Å². The van der Waals surface area contributed by atoms with Gasteiger partial charge in [-0.05, 0) is 40.8 Å². The first-order chi connectivity index (χ1) is 11.0. The summed E-state index contributed by atoms with van der Waals surface area (Å²) in [6, 6.07) is 11.4. The monoisotopic (exact) mass is 318 g/mol. The third-order valence-electron chi connectivity index (χ3n) is 4.89. The van der Waals surface area contributed by atoms with Crippen molar-refractivity contribution in [2.24, 2.45) is 5.92 Å². The lowest BCUT2D eigenvalue weighted by atomic mass is 9.83. The number of fused-ring (bicyclic) bond motifs is 3. The lowest BCUT2D eigenvalue weighted by Crippen LogP contribution is -2.26. The standard InChI is InChI=1S/C18H17F3N2/c19-18(20,21)16-4-2-1-3-13(16)11-5-6-17-14(7-11)15-10-22-8-12(15)9-23-17/h1-7,12,15,22-23H,8-10H2. The van der Waals surface area contributed by atoms with Gasteiger partial charge in [0.15, 0.2) is 0 Å². The third kappa shape index (κ3) is 2.49. The first-order valence-corrected chi connectivity index (χ1v) is 7.79. The molecule has 5 heteroatoms. The van der Waals surface area contributed by atoms with Crippen LogP contribution in [-0.4, -0.2) is 19.6 Å². The Morgan fingerprint density at radius 3 is 2.61 bits per heavy atom. The second kappa shape index (κ2) is 5.27. The van der Waals surface area contributed by atoms with Crippen LogP contribution in [0.2, 0.25) is 0 Å². The van der Waals surface area contributed by atoms with Crippen molar-refractivity contribution in [3.05, 3.63) is 53.6 Å². The maximum atomic E-state index is 13.3. The maximum absolute atomic E-state index is 13.3. The summed E-state index contributed by atoms with van der Waals surface area (Å²) in [5.41, 5.74) is 2.47. The molecule has 0 bridgehead atoms. The van der Waals surface area contributed by atoms with Gasteiger partial charge < -0.3 is 10.6 Å².